The van der Waals surface area contributed by atoms with E-state index in [0.29, 0.717) is 18.7 Å². The highest BCUT2D eigenvalue weighted by Gasteiger charge is 2.05. The van der Waals surface area contributed by atoms with E-state index < -0.39 is 0 Å². The summed E-state index contributed by atoms with van der Waals surface area (Å²) in [5, 5.41) is 12.3. The maximum atomic E-state index is 11.6. The molecule has 2 aromatic rings. The summed E-state index contributed by atoms with van der Waals surface area (Å²) in [5.74, 6) is 0.132. The monoisotopic (exact) mass is 230 g/mol. The number of nitrogens with one attached hydrogen (secondary N) is 2. The molecule has 0 fully saturated rings. The minimum Gasteiger partial charge on any atom is -0.508 e. The summed E-state index contributed by atoms with van der Waals surface area (Å²) in [6.45, 7) is 0.495. The fourth-order valence-corrected chi connectivity index (χ4v) is 1.60. The van der Waals surface area contributed by atoms with E-state index in [9.17, 15) is 9.90 Å². The third-order valence-electron chi connectivity index (χ3n) is 2.51. The molecule has 0 radical (unpaired) electrons. The van der Waals surface area contributed by atoms with Gasteiger partial charge in [0.25, 0.3) is 5.91 Å². The molecule has 1 amide bonds. The molecule has 0 bridgehead atoms. The average molecular weight is 230 g/mol. The lowest BCUT2D eigenvalue weighted by molar-refractivity contribution is 0.0949. The zero-order chi connectivity index (χ0) is 12.1. The molecule has 2 rings (SSSR count). The Bertz CT molecular complexity index is 492. The Hall–Kier alpha value is -2.23. The lowest BCUT2D eigenvalue weighted by Gasteiger charge is -2.05. The van der Waals surface area contributed by atoms with Crippen molar-refractivity contribution < 1.29 is 9.90 Å². The number of aromatic amines is 1. The Kier molecular flexibility index (Phi) is 3.45. The summed E-state index contributed by atoms with van der Waals surface area (Å²) in [7, 11) is 0. The Morgan fingerprint density at radius 2 is 2.06 bits per heavy atom. The van der Waals surface area contributed by atoms with Crippen LogP contribution in [0.5, 0.6) is 5.75 Å². The van der Waals surface area contributed by atoms with Gasteiger partial charge >= 0.3 is 0 Å². The first-order valence-corrected chi connectivity index (χ1v) is 5.46. The number of aromatic nitrogens is 1. The quantitative estimate of drug-likeness (QED) is 0.748. The van der Waals surface area contributed by atoms with Gasteiger partial charge in [-0.2, -0.15) is 0 Å². The summed E-state index contributed by atoms with van der Waals surface area (Å²) in [4.78, 5) is 14.4. The number of carbonyl (C=O) groups excluding carboxylic acids is 1. The van der Waals surface area contributed by atoms with Gasteiger partial charge in [-0.1, -0.05) is 18.2 Å². The highest BCUT2D eigenvalue weighted by molar-refractivity contribution is 5.92. The van der Waals surface area contributed by atoms with Gasteiger partial charge in [0.05, 0.1) is 0 Å². The predicted molar refractivity (Wildman–Crippen MR) is 64.9 cm³/mol. The number of benzene rings is 1. The molecule has 0 aliphatic heterocycles. The normalized spacial score (nSPS) is 10.1. The number of hydrogen-bond donors (Lipinski definition) is 3. The molecule has 0 saturated heterocycles. The number of amides is 1. The van der Waals surface area contributed by atoms with Crippen molar-refractivity contribution >= 4 is 5.91 Å². The predicted octanol–water partition coefficient (Wildman–Crippen LogP) is 1.69. The lowest BCUT2D eigenvalue weighted by Crippen LogP contribution is -2.25. The van der Waals surface area contributed by atoms with E-state index in [2.05, 4.69) is 10.3 Å². The molecule has 0 aliphatic rings. The number of hydrogen-bond acceptors (Lipinski definition) is 2. The first-order chi connectivity index (χ1) is 8.27. The van der Waals surface area contributed by atoms with Crippen molar-refractivity contribution in [1.82, 2.24) is 10.3 Å². The van der Waals surface area contributed by atoms with Gasteiger partial charge < -0.3 is 15.4 Å². The van der Waals surface area contributed by atoms with Gasteiger partial charge in [0.1, 0.15) is 11.4 Å². The van der Waals surface area contributed by atoms with Crippen molar-refractivity contribution in [2.45, 2.75) is 6.42 Å². The molecule has 1 heterocycles. The number of phenols is 1. The number of rotatable bonds is 4. The van der Waals surface area contributed by atoms with E-state index in [1.54, 1.807) is 30.5 Å². The number of phenolic OH excluding ortho intramolecular Hbond substituents is 1. The van der Waals surface area contributed by atoms with E-state index >= 15 is 0 Å². The van der Waals surface area contributed by atoms with Crippen molar-refractivity contribution in [2.75, 3.05) is 6.54 Å². The van der Waals surface area contributed by atoms with Crippen LogP contribution in [0.4, 0.5) is 0 Å². The van der Waals surface area contributed by atoms with Crippen LogP contribution in [0.15, 0.2) is 42.6 Å². The van der Waals surface area contributed by atoms with Gasteiger partial charge in [-0.15, -0.1) is 0 Å². The SMILES string of the molecule is O=C(NCCc1ccccc1O)c1ccc[nH]1. The molecule has 0 saturated carbocycles. The minimum atomic E-state index is -0.134. The molecular weight excluding hydrogens is 216 g/mol. The zero-order valence-corrected chi connectivity index (χ0v) is 9.31. The van der Waals surface area contributed by atoms with Crippen LogP contribution < -0.4 is 5.32 Å². The van der Waals surface area contributed by atoms with Crippen LogP contribution in [0.25, 0.3) is 0 Å². The standard InChI is InChI=1S/C13H14N2O2/c16-12-6-2-1-4-10(12)7-9-15-13(17)11-5-3-8-14-11/h1-6,8,14,16H,7,9H2,(H,15,17). The van der Waals surface area contributed by atoms with Crippen LogP contribution in [0, 0.1) is 0 Å². The fraction of sp³-hybridized carbons (Fsp3) is 0.154. The summed E-state index contributed by atoms with van der Waals surface area (Å²) in [5.41, 5.74) is 1.38. The molecule has 88 valence electrons. The van der Waals surface area contributed by atoms with Crippen molar-refractivity contribution in [3.8, 4) is 5.75 Å². The zero-order valence-electron chi connectivity index (χ0n) is 9.31. The number of aromatic hydroxyl groups is 1. The topological polar surface area (TPSA) is 65.1 Å². The number of H-pyrrole nitrogens is 1. The molecule has 0 aliphatic carbocycles. The smallest absolute Gasteiger partial charge is 0.267 e. The third kappa shape index (κ3) is 2.87. The highest BCUT2D eigenvalue weighted by Crippen LogP contribution is 2.15. The van der Waals surface area contributed by atoms with Crippen LogP contribution in [-0.2, 0) is 6.42 Å². The van der Waals surface area contributed by atoms with Crippen LogP contribution in [0.3, 0.4) is 0 Å². The molecule has 0 atom stereocenters. The van der Waals surface area contributed by atoms with Crippen molar-refractivity contribution in [2.24, 2.45) is 0 Å². The molecule has 1 aromatic heterocycles. The second-order valence-electron chi connectivity index (χ2n) is 3.72. The molecule has 3 N–H and O–H groups in total. The minimum absolute atomic E-state index is 0.134. The van der Waals surface area contributed by atoms with Crippen molar-refractivity contribution in [3.05, 3.63) is 53.9 Å². The molecule has 4 heteroatoms. The van der Waals surface area contributed by atoms with Crippen molar-refractivity contribution in [1.29, 1.82) is 0 Å². The Morgan fingerprint density at radius 3 is 2.76 bits per heavy atom. The molecule has 0 spiro atoms. The summed E-state index contributed by atoms with van der Waals surface area (Å²) in [6, 6.07) is 10.6. The van der Waals surface area contributed by atoms with Crippen molar-refractivity contribution in [3.63, 3.8) is 0 Å². The van der Waals surface area contributed by atoms with Crippen LogP contribution in [0.1, 0.15) is 16.1 Å². The second-order valence-corrected chi connectivity index (χ2v) is 3.72. The van der Waals surface area contributed by atoms with E-state index in [4.69, 9.17) is 0 Å². The van der Waals surface area contributed by atoms with Gasteiger partial charge in [0.2, 0.25) is 0 Å². The summed E-state index contributed by atoms with van der Waals surface area (Å²) in [6.07, 6.45) is 2.32. The fourth-order valence-electron chi connectivity index (χ4n) is 1.60. The average Bonchev–Trinajstić information content (AvgIpc) is 2.85. The summed E-state index contributed by atoms with van der Waals surface area (Å²) >= 11 is 0. The molecule has 1 aromatic carbocycles. The Balaban J connectivity index is 1.84. The van der Waals surface area contributed by atoms with Gasteiger partial charge in [0.15, 0.2) is 0 Å². The van der Waals surface area contributed by atoms with Gasteiger partial charge in [-0.25, -0.2) is 0 Å². The maximum absolute atomic E-state index is 11.6. The van der Waals surface area contributed by atoms with Gasteiger partial charge in [0, 0.05) is 12.7 Å². The third-order valence-corrected chi connectivity index (χ3v) is 2.51. The lowest BCUT2D eigenvalue weighted by atomic mass is 10.1. The number of carbonyl (C=O) groups is 1. The molecular formula is C13H14N2O2. The Labute approximate surface area is 99.3 Å². The van der Waals surface area contributed by atoms with Crippen LogP contribution in [-0.4, -0.2) is 22.5 Å². The van der Waals surface area contributed by atoms with E-state index in [-0.39, 0.29) is 11.7 Å². The number of para-hydroxylation sites is 1. The van der Waals surface area contributed by atoms with Gasteiger partial charge in [-0.3, -0.25) is 4.79 Å². The van der Waals surface area contributed by atoms with E-state index in [1.807, 2.05) is 12.1 Å². The highest BCUT2D eigenvalue weighted by atomic mass is 16.3. The molecule has 17 heavy (non-hydrogen) atoms. The van der Waals surface area contributed by atoms with E-state index in [1.165, 1.54) is 0 Å². The summed E-state index contributed by atoms with van der Waals surface area (Å²) < 4.78 is 0. The second kappa shape index (κ2) is 5.21. The van der Waals surface area contributed by atoms with Crippen LogP contribution in [0.2, 0.25) is 0 Å². The van der Waals surface area contributed by atoms with Gasteiger partial charge in [-0.05, 0) is 30.2 Å². The largest absolute Gasteiger partial charge is 0.508 e. The Morgan fingerprint density at radius 1 is 1.24 bits per heavy atom. The van der Waals surface area contributed by atoms with E-state index in [0.717, 1.165) is 5.56 Å². The first kappa shape index (κ1) is 11.3. The van der Waals surface area contributed by atoms with Crippen LogP contribution >= 0.6 is 0 Å². The molecule has 0 unspecified atom stereocenters. The first-order valence-electron chi connectivity index (χ1n) is 5.46. The maximum Gasteiger partial charge on any atom is 0.267 e. The molecule has 4 nitrogen and oxygen atoms in total.